The van der Waals surface area contributed by atoms with Crippen LogP contribution in [0.3, 0.4) is 0 Å². The lowest BCUT2D eigenvalue weighted by Gasteiger charge is -2.39. The molecule has 0 radical (unpaired) electrons. The van der Waals surface area contributed by atoms with E-state index in [0.717, 1.165) is 42.1 Å². The number of aliphatic imine (C=N–C) groups is 1. The van der Waals surface area contributed by atoms with E-state index >= 15 is 0 Å². The molecule has 10 nitrogen and oxygen atoms in total. The number of halogens is 3. The zero-order valence-electron chi connectivity index (χ0n) is 27.2. The summed E-state index contributed by atoms with van der Waals surface area (Å²) in [6.07, 6.45) is -0.319. The summed E-state index contributed by atoms with van der Waals surface area (Å²) in [5.74, 6) is -1.30. The first kappa shape index (κ1) is 33.5. The number of amidine groups is 1. The van der Waals surface area contributed by atoms with Gasteiger partial charge in [0.1, 0.15) is 11.5 Å². The molecule has 1 saturated heterocycles. The van der Waals surface area contributed by atoms with Gasteiger partial charge in [-0.25, -0.2) is 15.0 Å². The molecule has 13 heteroatoms. The van der Waals surface area contributed by atoms with Crippen LogP contribution in [0.15, 0.2) is 35.3 Å². The molecule has 3 aromatic rings. The summed E-state index contributed by atoms with van der Waals surface area (Å²) >= 11 is 0. The average molecular weight is 664 g/mol. The minimum atomic E-state index is -4.57. The lowest BCUT2D eigenvalue weighted by molar-refractivity contribution is -0.141. The molecule has 6 rings (SSSR count). The number of piperidine rings is 1. The normalized spacial score (nSPS) is 20.9. The Morgan fingerprint density at radius 1 is 1.02 bits per heavy atom. The number of rotatable bonds is 9. The summed E-state index contributed by atoms with van der Waals surface area (Å²) in [6, 6.07) is 8.46. The van der Waals surface area contributed by atoms with Crippen molar-refractivity contribution in [3.05, 3.63) is 70.1 Å². The minimum absolute atomic E-state index is 0.0152. The monoisotopic (exact) mass is 663 g/mol. The second-order valence-corrected chi connectivity index (χ2v) is 13.4. The summed E-state index contributed by atoms with van der Waals surface area (Å²) < 4.78 is 40.0. The number of carbonyl (C=O) groups excluding carboxylic acids is 2. The molecule has 2 amide bonds. The Labute approximate surface area is 276 Å². The van der Waals surface area contributed by atoms with Gasteiger partial charge in [0.15, 0.2) is 11.9 Å². The number of carbonyl (C=O) groups is 2. The Morgan fingerprint density at radius 2 is 1.71 bits per heavy atom. The highest BCUT2D eigenvalue weighted by Gasteiger charge is 2.37. The van der Waals surface area contributed by atoms with E-state index < -0.39 is 29.8 Å². The summed E-state index contributed by atoms with van der Waals surface area (Å²) in [5, 5.41) is 10.1. The highest BCUT2D eigenvalue weighted by Crippen LogP contribution is 2.43. The number of aryl methyl sites for hydroxylation is 2. The summed E-state index contributed by atoms with van der Waals surface area (Å²) in [4.78, 5) is 44.1. The number of primary amides is 1. The van der Waals surface area contributed by atoms with Gasteiger partial charge in [-0.1, -0.05) is 12.1 Å². The fourth-order valence-electron chi connectivity index (χ4n) is 6.74. The van der Waals surface area contributed by atoms with Crippen LogP contribution in [0.2, 0.25) is 0 Å². The number of benzene rings is 1. The average Bonchev–Trinajstić information content (AvgIpc) is 3.96. The van der Waals surface area contributed by atoms with Crippen molar-refractivity contribution in [2.45, 2.75) is 90.0 Å². The smallest absolute Gasteiger partial charge is 0.383 e. The largest absolute Gasteiger partial charge is 0.433 e. The molecule has 3 atom stereocenters. The minimum Gasteiger partial charge on any atom is -0.383 e. The van der Waals surface area contributed by atoms with Crippen LogP contribution in [0.4, 0.5) is 18.9 Å². The molecule has 2 aliphatic carbocycles. The van der Waals surface area contributed by atoms with Gasteiger partial charge >= 0.3 is 6.18 Å². The van der Waals surface area contributed by atoms with Gasteiger partial charge < -0.3 is 21.5 Å². The van der Waals surface area contributed by atoms with Crippen molar-refractivity contribution in [3.8, 4) is 11.1 Å². The Hall–Kier alpha value is -4.39. The van der Waals surface area contributed by atoms with E-state index in [1.807, 2.05) is 0 Å². The molecule has 3 fully saturated rings. The number of amides is 2. The number of nitrogens with two attached hydrogens (primary N) is 2. The van der Waals surface area contributed by atoms with Crippen LogP contribution in [0, 0.1) is 25.7 Å². The Kier molecular flexibility index (Phi) is 9.01. The topological polar surface area (TPSA) is 161 Å². The van der Waals surface area contributed by atoms with E-state index in [-0.39, 0.29) is 40.8 Å². The third-order valence-corrected chi connectivity index (χ3v) is 9.60. The van der Waals surface area contributed by atoms with E-state index in [2.05, 4.69) is 50.0 Å². The van der Waals surface area contributed by atoms with Crippen molar-refractivity contribution in [2.75, 3.05) is 11.4 Å². The number of hydrogen-bond acceptors (Lipinski definition) is 7. The number of anilines is 1. The van der Waals surface area contributed by atoms with Crippen molar-refractivity contribution in [1.29, 1.82) is 0 Å². The highest BCUT2D eigenvalue weighted by molar-refractivity contribution is 6.05. The van der Waals surface area contributed by atoms with Gasteiger partial charge in [-0.3, -0.25) is 9.59 Å². The van der Waals surface area contributed by atoms with Crippen molar-refractivity contribution in [1.82, 2.24) is 15.0 Å². The molecule has 254 valence electrons. The van der Waals surface area contributed by atoms with Crippen LogP contribution in [0.25, 0.3) is 11.1 Å². The van der Waals surface area contributed by atoms with Gasteiger partial charge in [-0.2, -0.15) is 18.2 Å². The quantitative estimate of drug-likeness (QED) is 0.212. The van der Waals surface area contributed by atoms with Crippen LogP contribution in [0.1, 0.15) is 97.2 Å². The number of pyridine rings is 1. The molecule has 0 spiro atoms. The van der Waals surface area contributed by atoms with Crippen LogP contribution in [-0.4, -0.2) is 50.3 Å². The standard InChI is InChI=1S/C35H40F3N7O3/c1-17-14-24(34(48)44-31(39)25-10-11-27(35(36,37)38)43-29(25)21-6-7-21)12-13-45(17)26-16-23(9-8-22(26)15-20-4-5-20)28-18(2)41-33(42-19(28)3)30(46)32(40)47/h8-11,16-17,20-21,24,30,46H,4-7,12-15H2,1-3H3,(H2,40,47)(H2,39,44,48). The van der Waals surface area contributed by atoms with E-state index in [0.29, 0.717) is 36.7 Å². The van der Waals surface area contributed by atoms with Crippen LogP contribution >= 0.6 is 0 Å². The van der Waals surface area contributed by atoms with Gasteiger partial charge in [0, 0.05) is 52.6 Å². The Morgan fingerprint density at radius 3 is 2.29 bits per heavy atom. The maximum absolute atomic E-state index is 13.4. The molecular formula is C35H40F3N7O3. The van der Waals surface area contributed by atoms with Crippen LogP contribution in [0.5, 0.6) is 0 Å². The van der Waals surface area contributed by atoms with E-state index in [9.17, 15) is 27.9 Å². The first-order chi connectivity index (χ1) is 22.7. The molecule has 48 heavy (non-hydrogen) atoms. The molecule has 3 unspecified atom stereocenters. The molecule has 3 heterocycles. The van der Waals surface area contributed by atoms with E-state index in [1.165, 1.54) is 24.5 Å². The van der Waals surface area contributed by atoms with Crippen molar-refractivity contribution in [2.24, 2.45) is 28.3 Å². The van der Waals surface area contributed by atoms with Crippen LogP contribution in [-0.2, 0) is 22.2 Å². The second kappa shape index (κ2) is 12.9. The summed E-state index contributed by atoms with van der Waals surface area (Å²) in [5.41, 5.74) is 16.3. The number of hydrogen-bond donors (Lipinski definition) is 3. The molecule has 2 aromatic heterocycles. The maximum atomic E-state index is 13.4. The van der Waals surface area contributed by atoms with Gasteiger partial charge in [0.25, 0.3) is 11.8 Å². The molecule has 5 N–H and O–H groups in total. The molecule has 2 saturated carbocycles. The summed E-state index contributed by atoms with van der Waals surface area (Å²) in [6.45, 7) is 6.28. The van der Waals surface area contributed by atoms with Gasteiger partial charge in [-0.05, 0) is 101 Å². The predicted octanol–water partition coefficient (Wildman–Crippen LogP) is 5.06. The SMILES string of the molecule is Cc1nc(C(O)C(N)=O)nc(C)c1-c1ccc(CC2CC2)c(N2CCC(C(=O)N=C(N)c3ccc(C(F)(F)F)nc3C3CC3)CC2C)c1. The highest BCUT2D eigenvalue weighted by atomic mass is 19.4. The number of alkyl halides is 3. The first-order valence-electron chi connectivity index (χ1n) is 16.4. The van der Waals surface area contributed by atoms with Gasteiger partial charge in [-0.15, -0.1) is 0 Å². The zero-order chi connectivity index (χ0) is 34.5. The maximum Gasteiger partial charge on any atom is 0.433 e. The number of aliphatic hydroxyl groups excluding tert-OH is 1. The van der Waals surface area contributed by atoms with Crippen molar-refractivity contribution >= 4 is 23.3 Å². The third kappa shape index (κ3) is 7.06. The van der Waals surface area contributed by atoms with Crippen molar-refractivity contribution in [3.63, 3.8) is 0 Å². The number of aliphatic hydroxyl groups is 1. The van der Waals surface area contributed by atoms with E-state index in [1.54, 1.807) is 13.8 Å². The molecule has 1 aromatic carbocycles. The van der Waals surface area contributed by atoms with Gasteiger partial charge in [0.05, 0.1) is 5.69 Å². The molecular weight excluding hydrogens is 623 g/mol. The number of aromatic nitrogens is 3. The zero-order valence-corrected chi connectivity index (χ0v) is 27.2. The lowest BCUT2D eigenvalue weighted by Crippen LogP contribution is -2.43. The Bertz CT molecular complexity index is 1760. The lowest BCUT2D eigenvalue weighted by atomic mass is 9.89. The fraction of sp³-hybridized carbons (Fsp3) is 0.486. The molecule has 1 aliphatic heterocycles. The molecule has 3 aliphatic rings. The van der Waals surface area contributed by atoms with Crippen molar-refractivity contribution < 1.29 is 27.9 Å². The van der Waals surface area contributed by atoms with Gasteiger partial charge in [0.2, 0.25) is 0 Å². The second-order valence-electron chi connectivity index (χ2n) is 13.4. The number of nitrogens with zero attached hydrogens (tertiary/aromatic N) is 5. The Balaban J connectivity index is 1.23. The summed E-state index contributed by atoms with van der Waals surface area (Å²) in [7, 11) is 0. The fourth-order valence-corrected chi connectivity index (χ4v) is 6.74. The first-order valence-corrected chi connectivity index (χ1v) is 16.4. The third-order valence-electron chi connectivity index (χ3n) is 9.60. The molecule has 0 bridgehead atoms. The predicted molar refractivity (Wildman–Crippen MR) is 174 cm³/mol. The van der Waals surface area contributed by atoms with E-state index in [4.69, 9.17) is 11.5 Å². The van der Waals surface area contributed by atoms with Crippen LogP contribution < -0.4 is 16.4 Å².